The van der Waals surface area contributed by atoms with E-state index in [0.717, 1.165) is 40.4 Å². The van der Waals surface area contributed by atoms with Crippen LogP contribution in [-0.4, -0.2) is 41.5 Å². The molecule has 2 aromatic carbocycles. The molecule has 0 amide bonds. The topological polar surface area (TPSA) is 90.5 Å². The van der Waals surface area contributed by atoms with Crippen molar-refractivity contribution in [2.45, 2.75) is 19.8 Å². The zero-order chi connectivity index (χ0) is 21.6. The minimum absolute atomic E-state index is 0.0272. The number of rotatable bonds is 9. The SMILES string of the molecule is Cc1cc(OCCOCCO)ccc1CCc1ccnc2c(N)nc3ccccc3c12. The highest BCUT2D eigenvalue weighted by Crippen LogP contribution is 2.30. The molecule has 0 aliphatic carbocycles. The van der Waals surface area contributed by atoms with Gasteiger partial charge in [0, 0.05) is 17.0 Å². The number of pyridine rings is 2. The summed E-state index contributed by atoms with van der Waals surface area (Å²) in [5, 5.41) is 10.9. The Kier molecular flexibility index (Phi) is 6.60. The number of aryl methyl sites for hydroxylation is 3. The highest BCUT2D eigenvalue weighted by atomic mass is 16.5. The molecule has 0 bridgehead atoms. The van der Waals surface area contributed by atoms with Gasteiger partial charge in [-0.2, -0.15) is 0 Å². The maximum Gasteiger partial charge on any atom is 0.150 e. The molecular weight excluding hydrogens is 390 g/mol. The Morgan fingerprint density at radius 1 is 0.968 bits per heavy atom. The molecule has 0 fully saturated rings. The number of para-hydroxylation sites is 1. The maximum absolute atomic E-state index is 8.73. The summed E-state index contributed by atoms with van der Waals surface area (Å²) in [5.74, 6) is 1.30. The molecule has 2 aromatic heterocycles. The number of nitrogen functional groups attached to an aromatic ring is 1. The number of ether oxygens (including phenoxy) is 2. The lowest BCUT2D eigenvalue weighted by Gasteiger charge is -2.13. The quantitative estimate of drug-likeness (QED) is 0.318. The first kappa shape index (κ1) is 21.0. The summed E-state index contributed by atoms with van der Waals surface area (Å²) in [7, 11) is 0. The zero-order valence-electron chi connectivity index (χ0n) is 17.7. The van der Waals surface area contributed by atoms with Crippen molar-refractivity contribution >= 4 is 27.6 Å². The predicted octanol–water partition coefficient (Wildman–Crippen LogP) is 3.85. The van der Waals surface area contributed by atoms with E-state index in [-0.39, 0.29) is 6.61 Å². The number of aliphatic hydroxyl groups is 1. The van der Waals surface area contributed by atoms with Crippen LogP contribution >= 0.6 is 0 Å². The first-order valence-corrected chi connectivity index (χ1v) is 10.5. The van der Waals surface area contributed by atoms with Crippen LogP contribution in [-0.2, 0) is 17.6 Å². The van der Waals surface area contributed by atoms with E-state index in [0.29, 0.717) is 25.6 Å². The summed E-state index contributed by atoms with van der Waals surface area (Å²) in [5.41, 5.74) is 11.5. The lowest BCUT2D eigenvalue weighted by Crippen LogP contribution is -2.09. The standard InChI is InChI=1S/C25H27N3O3/c1-17-16-20(31-15-14-30-13-12-29)9-8-18(17)6-7-19-10-11-27-24-23(19)21-4-2-3-5-22(21)28-25(24)26/h2-5,8-11,16,29H,6-7,12-15H2,1H3,(H2,26,28). The minimum Gasteiger partial charge on any atom is -0.491 e. The molecule has 6 heteroatoms. The van der Waals surface area contributed by atoms with E-state index in [1.165, 1.54) is 16.7 Å². The smallest absolute Gasteiger partial charge is 0.150 e. The molecule has 0 saturated carbocycles. The summed E-state index contributed by atoms with van der Waals surface area (Å²) < 4.78 is 11.0. The molecule has 4 rings (SSSR count). The first-order valence-electron chi connectivity index (χ1n) is 10.5. The monoisotopic (exact) mass is 417 g/mol. The first-order chi connectivity index (χ1) is 15.2. The van der Waals surface area contributed by atoms with Gasteiger partial charge in [0.05, 0.1) is 25.3 Å². The number of aliphatic hydroxyl groups excluding tert-OH is 1. The Bertz CT molecular complexity index is 1190. The van der Waals surface area contributed by atoms with Gasteiger partial charge in [-0.05, 0) is 60.7 Å². The fourth-order valence-electron chi connectivity index (χ4n) is 3.86. The van der Waals surface area contributed by atoms with Crippen LogP contribution in [0, 0.1) is 6.92 Å². The van der Waals surface area contributed by atoms with E-state index in [1.54, 1.807) is 0 Å². The molecule has 2 heterocycles. The molecule has 0 atom stereocenters. The van der Waals surface area contributed by atoms with Crippen LogP contribution in [0.5, 0.6) is 5.75 Å². The van der Waals surface area contributed by atoms with Crippen molar-refractivity contribution in [3.05, 3.63) is 71.4 Å². The van der Waals surface area contributed by atoms with Gasteiger partial charge in [-0.1, -0.05) is 24.3 Å². The van der Waals surface area contributed by atoms with Crippen molar-refractivity contribution in [3.8, 4) is 5.75 Å². The van der Waals surface area contributed by atoms with Gasteiger partial charge < -0.3 is 20.3 Å². The molecule has 0 unspecified atom stereocenters. The number of hydrogen-bond acceptors (Lipinski definition) is 6. The highest BCUT2D eigenvalue weighted by Gasteiger charge is 2.12. The molecule has 0 radical (unpaired) electrons. The summed E-state index contributed by atoms with van der Waals surface area (Å²) in [4.78, 5) is 9.00. The molecule has 0 spiro atoms. The lowest BCUT2D eigenvalue weighted by molar-refractivity contribution is 0.0705. The molecular formula is C25H27N3O3. The van der Waals surface area contributed by atoms with Crippen LogP contribution in [0.3, 0.4) is 0 Å². The van der Waals surface area contributed by atoms with Gasteiger partial charge in [0.2, 0.25) is 0 Å². The third kappa shape index (κ3) is 4.76. The Hall–Kier alpha value is -3.22. The Balaban J connectivity index is 1.52. The second-order valence-electron chi connectivity index (χ2n) is 7.48. The number of aromatic nitrogens is 2. The number of fused-ring (bicyclic) bond motifs is 3. The Morgan fingerprint density at radius 2 is 1.81 bits per heavy atom. The molecule has 31 heavy (non-hydrogen) atoms. The summed E-state index contributed by atoms with van der Waals surface area (Å²) >= 11 is 0. The van der Waals surface area contributed by atoms with Crippen molar-refractivity contribution in [3.63, 3.8) is 0 Å². The second-order valence-corrected chi connectivity index (χ2v) is 7.48. The molecule has 0 aliphatic rings. The van der Waals surface area contributed by atoms with Crippen molar-refractivity contribution in [1.29, 1.82) is 0 Å². The van der Waals surface area contributed by atoms with Gasteiger partial charge in [-0.15, -0.1) is 0 Å². The van der Waals surface area contributed by atoms with E-state index in [2.05, 4.69) is 41.2 Å². The average Bonchev–Trinajstić information content (AvgIpc) is 2.78. The number of benzene rings is 2. The van der Waals surface area contributed by atoms with E-state index < -0.39 is 0 Å². The van der Waals surface area contributed by atoms with Gasteiger partial charge in [0.25, 0.3) is 0 Å². The molecule has 0 saturated heterocycles. The van der Waals surface area contributed by atoms with Crippen molar-refractivity contribution in [2.24, 2.45) is 0 Å². The molecule has 3 N–H and O–H groups in total. The van der Waals surface area contributed by atoms with Gasteiger partial charge in [-0.25, -0.2) is 4.98 Å². The largest absolute Gasteiger partial charge is 0.491 e. The summed E-state index contributed by atoms with van der Waals surface area (Å²) in [6.45, 7) is 3.39. The van der Waals surface area contributed by atoms with Gasteiger partial charge in [0.1, 0.15) is 17.9 Å². The van der Waals surface area contributed by atoms with Crippen LogP contribution in [0.25, 0.3) is 21.8 Å². The second kappa shape index (κ2) is 9.73. The lowest BCUT2D eigenvalue weighted by atomic mass is 9.97. The van der Waals surface area contributed by atoms with Gasteiger partial charge >= 0.3 is 0 Å². The summed E-state index contributed by atoms with van der Waals surface area (Å²) in [6, 6.07) is 16.3. The molecule has 0 aliphatic heterocycles. The third-order valence-corrected chi connectivity index (χ3v) is 5.40. The minimum atomic E-state index is 0.0272. The van der Waals surface area contributed by atoms with Crippen LogP contribution in [0.2, 0.25) is 0 Å². The van der Waals surface area contributed by atoms with Gasteiger partial charge in [-0.3, -0.25) is 4.98 Å². The molecule has 6 nitrogen and oxygen atoms in total. The number of hydrogen-bond donors (Lipinski definition) is 2. The van der Waals surface area contributed by atoms with E-state index >= 15 is 0 Å². The number of nitrogens with two attached hydrogens (primary N) is 1. The third-order valence-electron chi connectivity index (χ3n) is 5.40. The van der Waals surface area contributed by atoms with Crippen molar-refractivity contribution in [2.75, 3.05) is 32.2 Å². The Labute approximate surface area is 181 Å². The number of nitrogens with zero attached hydrogens (tertiary/aromatic N) is 2. The Morgan fingerprint density at radius 3 is 2.65 bits per heavy atom. The highest BCUT2D eigenvalue weighted by molar-refractivity contribution is 6.09. The number of anilines is 1. The van der Waals surface area contributed by atoms with E-state index in [9.17, 15) is 0 Å². The molecule has 160 valence electrons. The fourth-order valence-corrected chi connectivity index (χ4v) is 3.86. The van der Waals surface area contributed by atoms with Crippen LogP contribution in [0.1, 0.15) is 16.7 Å². The zero-order valence-corrected chi connectivity index (χ0v) is 17.7. The van der Waals surface area contributed by atoms with E-state index in [1.807, 2.05) is 30.5 Å². The van der Waals surface area contributed by atoms with Crippen LogP contribution in [0.4, 0.5) is 5.82 Å². The van der Waals surface area contributed by atoms with Crippen molar-refractivity contribution < 1.29 is 14.6 Å². The fraction of sp³-hybridized carbons (Fsp3) is 0.280. The van der Waals surface area contributed by atoms with E-state index in [4.69, 9.17) is 20.3 Å². The van der Waals surface area contributed by atoms with Gasteiger partial charge in [0.15, 0.2) is 5.82 Å². The van der Waals surface area contributed by atoms with Crippen LogP contribution in [0.15, 0.2) is 54.7 Å². The maximum atomic E-state index is 8.73. The predicted molar refractivity (Wildman–Crippen MR) is 123 cm³/mol. The van der Waals surface area contributed by atoms with Crippen LogP contribution < -0.4 is 10.5 Å². The average molecular weight is 418 g/mol. The van der Waals surface area contributed by atoms with Crippen molar-refractivity contribution in [1.82, 2.24) is 9.97 Å². The normalized spacial score (nSPS) is 11.3. The molecule has 4 aromatic rings. The summed E-state index contributed by atoms with van der Waals surface area (Å²) in [6.07, 6.45) is 3.59.